The maximum absolute atomic E-state index is 14.7. The summed E-state index contributed by atoms with van der Waals surface area (Å²) in [4.78, 5) is 12.7. The number of nitrogens with one attached hydrogen (secondary N) is 2. The van der Waals surface area contributed by atoms with E-state index in [1.54, 1.807) is 18.2 Å². The lowest BCUT2D eigenvalue weighted by molar-refractivity contribution is -0.118. The molecule has 3 nitrogen and oxygen atoms in total. The van der Waals surface area contributed by atoms with Crippen LogP contribution >= 0.6 is 12.4 Å². The third-order valence-electron chi connectivity index (χ3n) is 5.02. The predicted octanol–water partition coefficient (Wildman–Crippen LogP) is 3.70. The summed E-state index contributed by atoms with van der Waals surface area (Å²) in [6, 6.07) is 9.56. The van der Waals surface area contributed by atoms with Crippen molar-refractivity contribution in [3.63, 3.8) is 0 Å². The van der Waals surface area contributed by atoms with Crippen LogP contribution < -0.4 is 10.6 Å². The molecular formula is C19H19ClF2N2O. The van der Waals surface area contributed by atoms with Gasteiger partial charge in [-0.2, -0.15) is 0 Å². The van der Waals surface area contributed by atoms with E-state index in [1.807, 2.05) is 6.07 Å². The first-order valence-electron chi connectivity index (χ1n) is 8.19. The van der Waals surface area contributed by atoms with E-state index in [0.29, 0.717) is 36.9 Å². The average Bonchev–Trinajstić information content (AvgIpc) is 3.40. The lowest BCUT2D eigenvalue weighted by Crippen LogP contribution is -2.29. The highest BCUT2D eigenvalue weighted by Gasteiger charge is 2.51. The number of anilines is 1. The Labute approximate surface area is 151 Å². The molecule has 1 fully saturated rings. The Hall–Kier alpha value is -1.98. The predicted molar refractivity (Wildman–Crippen MR) is 95.0 cm³/mol. The van der Waals surface area contributed by atoms with E-state index in [0.717, 1.165) is 12.1 Å². The Kier molecular flexibility index (Phi) is 4.80. The number of rotatable bonds is 3. The fraction of sp³-hybridized carbons (Fsp3) is 0.316. The minimum absolute atomic E-state index is 0. The Morgan fingerprint density at radius 3 is 2.68 bits per heavy atom. The molecule has 1 aliphatic carbocycles. The summed E-state index contributed by atoms with van der Waals surface area (Å²) in [5, 5.41) is 5.92. The smallest absolute Gasteiger partial charge is 0.235 e. The molecule has 2 aromatic rings. The van der Waals surface area contributed by atoms with Gasteiger partial charge >= 0.3 is 0 Å². The second kappa shape index (κ2) is 6.73. The number of hydrogen-bond donors (Lipinski definition) is 2. The number of fused-ring (bicyclic) bond motifs is 1. The molecule has 2 N–H and O–H groups in total. The van der Waals surface area contributed by atoms with Gasteiger partial charge in [0.2, 0.25) is 5.91 Å². The summed E-state index contributed by atoms with van der Waals surface area (Å²) in [7, 11) is 0. The highest BCUT2D eigenvalue weighted by atomic mass is 35.5. The zero-order chi connectivity index (χ0) is 16.7. The summed E-state index contributed by atoms with van der Waals surface area (Å²) >= 11 is 0. The zero-order valence-corrected chi connectivity index (χ0v) is 14.4. The highest BCUT2D eigenvalue weighted by molar-refractivity contribution is 6.01. The van der Waals surface area contributed by atoms with Crippen LogP contribution in [0.5, 0.6) is 0 Å². The van der Waals surface area contributed by atoms with Crippen molar-refractivity contribution in [3.05, 3.63) is 64.7 Å². The molecule has 0 bridgehead atoms. The van der Waals surface area contributed by atoms with Gasteiger partial charge in [-0.05, 0) is 60.7 Å². The maximum atomic E-state index is 14.7. The molecule has 4 rings (SSSR count). The van der Waals surface area contributed by atoms with E-state index in [-0.39, 0.29) is 35.6 Å². The van der Waals surface area contributed by atoms with Crippen molar-refractivity contribution in [1.82, 2.24) is 5.32 Å². The molecule has 0 spiro atoms. The van der Waals surface area contributed by atoms with Crippen LogP contribution in [-0.4, -0.2) is 12.5 Å². The molecular weight excluding hydrogens is 346 g/mol. The van der Waals surface area contributed by atoms with Crippen molar-refractivity contribution in [2.75, 3.05) is 11.9 Å². The zero-order valence-electron chi connectivity index (χ0n) is 13.6. The molecule has 2 aromatic carbocycles. The maximum Gasteiger partial charge on any atom is 0.235 e. The van der Waals surface area contributed by atoms with Crippen LogP contribution in [0.2, 0.25) is 0 Å². The Bertz CT molecular complexity index is 821. The van der Waals surface area contributed by atoms with Crippen molar-refractivity contribution in [3.8, 4) is 0 Å². The standard InChI is InChI=1S/C19H18F2N2O.ClH/c20-14-3-1-2-13(10-14)19(7-8-19)18(24)23-16-5-4-12-11-22-9-6-15(12)17(16)21;/h1-5,10,22H,6-9,11H2,(H,23,24);1H. The first-order valence-corrected chi connectivity index (χ1v) is 8.19. The van der Waals surface area contributed by atoms with Crippen molar-refractivity contribution >= 4 is 24.0 Å². The average molecular weight is 365 g/mol. The first kappa shape index (κ1) is 17.8. The van der Waals surface area contributed by atoms with Gasteiger partial charge < -0.3 is 10.6 Å². The molecule has 0 saturated heterocycles. The molecule has 132 valence electrons. The lowest BCUT2D eigenvalue weighted by Gasteiger charge is -2.21. The molecule has 25 heavy (non-hydrogen) atoms. The van der Waals surface area contributed by atoms with Gasteiger partial charge in [-0.1, -0.05) is 18.2 Å². The van der Waals surface area contributed by atoms with Gasteiger partial charge in [0.15, 0.2) is 0 Å². The summed E-state index contributed by atoms with van der Waals surface area (Å²) in [6.45, 7) is 1.38. The van der Waals surface area contributed by atoms with E-state index >= 15 is 0 Å². The van der Waals surface area contributed by atoms with Crippen LogP contribution in [0.1, 0.15) is 29.5 Å². The molecule has 0 radical (unpaired) electrons. The summed E-state index contributed by atoms with van der Waals surface area (Å²) in [5.41, 5.74) is 1.74. The van der Waals surface area contributed by atoms with Crippen LogP contribution in [0.4, 0.5) is 14.5 Å². The van der Waals surface area contributed by atoms with E-state index < -0.39 is 5.41 Å². The van der Waals surface area contributed by atoms with E-state index in [9.17, 15) is 13.6 Å². The van der Waals surface area contributed by atoms with Gasteiger partial charge in [-0.25, -0.2) is 8.78 Å². The Balaban J connectivity index is 0.00000182. The SMILES string of the molecule is Cl.O=C(Nc1ccc2c(c1F)CCNC2)C1(c2cccc(F)c2)CC1. The number of carbonyl (C=O) groups excluding carboxylic acids is 1. The molecule has 0 unspecified atom stereocenters. The lowest BCUT2D eigenvalue weighted by atomic mass is 9.94. The molecule has 1 aliphatic heterocycles. The molecule has 0 aromatic heterocycles. The third-order valence-corrected chi connectivity index (χ3v) is 5.02. The fourth-order valence-corrected chi connectivity index (χ4v) is 3.43. The normalized spacial score (nSPS) is 17.2. The van der Waals surface area contributed by atoms with Crippen LogP contribution in [0.25, 0.3) is 0 Å². The number of amides is 1. The topological polar surface area (TPSA) is 41.1 Å². The van der Waals surface area contributed by atoms with Gasteiger partial charge in [-0.3, -0.25) is 4.79 Å². The van der Waals surface area contributed by atoms with Crippen molar-refractivity contribution in [2.24, 2.45) is 0 Å². The third kappa shape index (κ3) is 3.14. The fourth-order valence-electron chi connectivity index (χ4n) is 3.43. The van der Waals surface area contributed by atoms with Crippen LogP contribution in [0.3, 0.4) is 0 Å². The summed E-state index contributed by atoms with van der Waals surface area (Å²) < 4.78 is 28.2. The highest BCUT2D eigenvalue weighted by Crippen LogP contribution is 2.49. The Morgan fingerprint density at radius 1 is 1.16 bits per heavy atom. The minimum Gasteiger partial charge on any atom is -0.323 e. The van der Waals surface area contributed by atoms with Crippen molar-refractivity contribution in [2.45, 2.75) is 31.2 Å². The largest absolute Gasteiger partial charge is 0.323 e. The number of hydrogen-bond acceptors (Lipinski definition) is 2. The van der Waals surface area contributed by atoms with E-state index in [1.165, 1.54) is 12.1 Å². The number of halogens is 3. The Morgan fingerprint density at radius 2 is 1.96 bits per heavy atom. The van der Waals surface area contributed by atoms with Crippen LogP contribution in [0.15, 0.2) is 36.4 Å². The van der Waals surface area contributed by atoms with Gasteiger partial charge in [0, 0.05) is 6.54 Å². The molecule has 1 saturated carbocycles. The molecule has 6 heteroatoms. The van der Waals surface area contributed by atoms with Gasteiger partial charge in [0.25, 0.3) is 0 Å². The molecule has 1 heterocycles. The van der Waals surface area contributed by atoms with E-state index in [4.69, 9.17) is 0 Å². The van der Waals surface area contributed by atoms with Gasteiger partial charge in [-0.15, -0.1) is 12.4 Å². The van der Waals surface area contributed by atoms with E-state index in [2.05, 4.69) is 10.6 Å². The molecule has 0 atom stereocenters. The summed E-state index contributed by atoms with van der Waals surface area (Å²) in [5.74, 6) is -0.975. The second-order valence-electron chi connectivity index (χ2n) is 6.54. The molecule has 2 aliphatic rings. The van der Waals surface area contributed by atoms with Crippen LogP contribution in [-0.2, 0) is 23.2 Å². The van der Waals surface area contributed by atoms with Gasteiger partial charge in [0.05, 0.1) is 11.1 Å². The first-order chi connectivity index (χ1) is 11.6. The van der Waals surface area contributed by atoms with Gasteiger partial charge in [0.1, 0.15) is 11.6 Å². The summed E-state index contributed by atoms with van der Waals surface area (Å²) in [6.07, 6.45) is 1.91. The number of carbonyl (C=O) groups is 1. The monoisotopic (exact) mass is 364 g/mol. The minimum atomic E-state index is -0.730. The van der Waals surface area contributed by atoms with Crippen LogP contribution in [0, 0.1) is 11.6 Å². The van der Waals surface area contributed by atoms with Crippen molar-refractivity contribution < 1.29 is 13.6 Å². The number of benzene rings is 2. The van der Waals surface area contributed by atoms with Crippen molar-refractivity contribution in [1.29, 1.82) is 0 Å². The second-order valence-corrected chi connectivity index (χ2v) is 6.54. The molecule has 1 amide bonds. The quantitative estimate of drug-likeness (QED) is 0.871.